The van der Waals surface area contributed by atoms with Gasteiger partial charge in [-0.1, -0.05) is 33.6 Å². The van der Waals surface area contributed by atoms with E-state index in [0.29, 0.717) is 22.8 Å². The van der Waals surface area contributed by atoms with Crippen molar-refractivity contribution in [2.24, 2.45) is 0 Å². The Balaban J connectivity index is 2.12. The van der Waals surface area contributed by atoms with Gasteiger partial charge in [0, 0.05) is 28.3 Å². The minimum atomic E-state index is 0.335. The van der Waals surface area contributed by atoms with Gasteiger partial charge in [-0.2, -0.15) is 0 Å². The van der Waals surface area contributed by atoms with Crippen molar-refractivity contribution in [3.05, 3.63) is 53.1 Å². The second kappa shape index (κ2) is 5.98. The fourth-order valence-electron chi connectivity index (χ4n) is 1.35. The Labute approximate surface area is 113 Å². The molecule has 0 saturated heterocycles. The van der Waals surface area contributed by atoms with Crippen molar-refractivity contribution < 1.29 is 4.74 Å². The van der Waals surface area contributed by atoms with Crippen LogP contribution in [0.5, 0.6) is 5.75 Å². The van der Waals surface area contributed by atoms with Crippen molar-refractivity contribution in [3.63, 3.8) is 0 Å². The van der Waals surface area contributed by atoms with Crippen LogP contribution in [-0.2, 0) is 11.9 Å². The van der Waals surface area contributed by atoms with Gasteiger partial charge in [0.15, 0.2) is 5.82 Å². The summed E-state index contributed by atoms with van der Waals surface area (Å²) in [5, 5.41) is 1.34. The normalized spacial score (nSPS) is 10.2. The molecule has 17 heavy (non-hydrogen) atoms. The summed E-state index contributed by atoms with van der Waals surface area (Å²) < 4.78 is 5.66. The molecule has 3 nitrogen and oxygen atoms in total. The number of hydrogen-bond donors (Lipinski definition) is 0. The number of benzene rings is 1. The summed E-state index contributed by atoms with van der Waals surface area (Å²) in [5.74, 6) is 1.40. The van der Waals surface area contributed by atoms with Crippen LogP contribution in [0.4, 0.5) is 0 Å². The van der Waals surface area contributed by atoms with E-state index in [1.54, 1.807) is 18.5 Å². The average Bonchev–Trinajstić information content (AvgIpc) is 2.37. The Bertz CT molecular complexity index is 493. The van der Waals surface area contributed by atoms with E-state index in [4.69, 9.17) is 16.3 Å². The van der Waals surface area contributed by atoms with Crippen LogP contribution < -0.4 is 4.74 Å². The van der Waals surface area contributed by atoms with Gasteiger partial charge in [0.05, 0.1) is 0 Å². The number of alkyl halides is 1. The maximum atomic E-state index is 6.07. The second-order valence-electron chi connectivity index (χ2n) is 3.30. The van der Waals surface area contributed by atoms with Crippen LogP contribution in [0.2, 0.25) is 5.02 Å². The topological polar surface area (TPSA) is 35.0 Å². The van der Waals surface area contributed by atoms with Crippen molar-refractivity contribution in [2.45, 2.75) is 11.9 Å². The van der Waals surface area contributed by atoms with Crippen LogP contribution in [-0.4, -0.2) is 9.97 Å². The van der Waals surface area contributed by atoms with E-state index < -0.39 is 0 Å². The molecule has 0 amide bonds. The molecule has 1 heterocycles. The van der Waals surface area contributed by atoms with Crippen molar-refractivity contribution in [3.8, 4) is 5.75 Å². The molecule has 0 aliphatic carbocycles. The van der Waals surface area contributed by atoms with E-state index in [2.05, 4.69) is 25.9 Å². The van der Waals surface area contributed by atoms with Gasteiger partial charge in [0.25, 0.3) is 0 Å². The minimum absolute atomic E-state index is 0.335. The summed E-state index contributed by atoms with van der Waals surface area (Å²) in [6, 6.07) is 7.35. The number of nitrogens with zero attached hydrogens (tertiary/aromatic N) is 2. The zero-order valence-corrected chi connectivity index (χ0v) is 11.3. The summed E-state index contributed by atoms with van der Waals surface area (Å²) in [7, 11) is 0. The standard InChI is InChI=1S/C12H10BrClN2O/c13-7-9-10(14)3-1-4-11(9)17-8-12-15-5-2-6-16-12/h1-6H,7-8H2. The largest absolute Gasteiger partial charge is 0.485 e. The lowest BCUT2D eigenvalue weighted by molar-refractivity contribution is 0.293. The third-order valence-corrected chi connectivity index (χ3v) is 3.10. The first-order chi connectivity index (χ1) is 8.31. The number of hydrogen-bond acceptors (Lipinski definition) is 3. The van der Waals surface area contributed by atoms with E-state index in [0.717, 1.165) is 11.3 Å². The number of rotatable bonds is 4. The number of aromatic nitrogens is 2. The molecule has 0 unspecified atom stereocenters. The fraction of sp³-hybridized carbons (Fsp3) is 0.167. The molecular formula is C12H10BrClN2O. The van der Waals surface area contributed by atoms with Crippen molar-refractivity contribution >= 4 is 27.5 Å². The molecule has 2 rings (SSSR count). The van der Waals surface area contributed by atoms with Crippen molar-refractivity contribution in [1.82, 2.24) is 9.97 Å². The van der Waals surface area contributed by atoms with Gasteiger partial charge in [-0.15, -0.1) is 0 Å². The smallest absolute Gasteiger partial charge is 0.166 e. The van der Waals surface area contributed by atoms with Crippen LogP contribution in [0.15, 0.2) is 36.7 Å². The van der Waals surface area contributed by atoms with Crippen LogP contribution in [0.3, 0.4) is 0 Å². The summed E-state index contributed by atoms with van der Waals surface area (Å²) in [4.78, 5) is 8.18. The molecule has 0 N–H and O–H groups in total. The third-order valence-electron chi connectivity index (χ3n) is 2.19. The molecule has 2 aromatic rings. The summed E-state index contributed by atoms with van der Waals surface area (Å²) in [6.45, 7) is 0.335. The minimum Gasteiger partial charge on any atom is -0.485 e. The monoisotopic (exact) mass is 312 g/mol. The van der Waals surface area contributed by atoms with Crippen LogP contribution in [0.25, 0.3) is 0 Å². The lowest BCUT2D eigenvalue weighted by Crippen LogP contribution is -2.02. The maximum Gasteiger partial charge on any atom is 0.166 e. The molecular weight excluding hydrogens is 304 g/mol. The molecule has 88 valence electrons. The highest BCUT2D eigenvalue weighted by atomic mass is 79.9. The fourth-order valence-corrected chi connectivity index (χ4v) is 2.32. The van der Waals surface area contributed by atoms with Gasteiger partial charge in [0.2, 0.25) is 0 Å². The van der Waals surface area contributed by atoms with Gasteiger partial charge < -0.3 is 4.74 Å². The Morgan fingerprint density at radius 2 is 1.94 bits per heavy atom. The maximum absolute atomic E-state index is 6.07. The van der Waals surface area contributed by atoms with E-state index >= 15 is 0 Å². The van der Waals surface area contributed by atoms with Crippen LogP contribution in [0, 0.1) is 0 Å². The van der Waals surface area contributed by atoms with Crippen LogP contribution in [0.1, 0.15) is 11.4 Å². The second-order valence-corrected chi connectivity index (χ2v) is 4.27. The van der Waals surface area contributed by atoms with Gasteiger partial charge in [-0.05, 0) is 18.2 Å². The molecule has 0 aliphatic heterocycles. The highest BCUT2D eigenvalue weighted by Gasteiger charge is 2.07. The van der Waals surface area contributed by atoms with E-state index in [-0.39, 0.29) is 0 Å². The molecule has 0 radical (unpaired) electrons. The summed E-state index contributed by atoms with van der Waals surface area (Å²) in [5.41, 5.74) is 0.935. The van der Waals surface area contributed by atoms with E-state index in [1.165, 1.54) is 0 Å². The molecule has 0 atom stereocenters. The molecule has 5 heteroatoms. The average molecular weight is 314 g/mol. The highest BCUT2D eigenvalue weighted by Crippen LogP contribution is 2.28. The van der Waals surface area contributed by atoms with Crippen molar-refractivity contribution in [2.75, 3.05) is 0 Å². The molecule has 0 saturated carbocycles. The molecule has 0 fully saturated rings. The first-order valence-electron chi connectivity index (χ1n) is 5.03. The first-order valence-corrected chi connectivity index (χ1v) is 6.53. The Kier molecular flexibility index (Phi) is 4.34. The quantitative estimate of drug-likeness (QED) is 0.809. The Hall–Kier alpha value is -1.13. The molecule has 0 bridgehead atoms. The van der Waals surface area contributed by atoms with Gasteiger partial charge in [-0.25, -0.2) is 9.97 Å². The molecule has 1 aromatic carbocycles. The van der Waals surface area contributed by atoms with Gasteiger partial charge in [0.1, 0.15) is 12.4 Å². The van der Waals surface area contributed by atoms with Gasteiger partial charge in [-0.3, -0.25) is 0 Å². The summed E-state index contributed by atoms with van der Waals surface area (Å²) in [6.07, 6.45) is 3.38. The van der Waals surface area contributed by atoms with E-state index in [9.17, 15) is 0 Å². The third kappa shape index (κ3) is 3.17. The highest BCUT2D eigenvalue weighted by molar-refractivity contribution is 9.08. The number of halogens is 2. The lowest BCUT2D eigenvalue weighted by Gasteiger charge is -2.10. The van der Waals surface area contributed by atoms with E-state index in [1.807, 2.05) is 18.2 Å². The molecule has 0 spiro atoms. The zero-order valence-electron chi connectivity index (χ0n) is 8.94. The molecule has 1 aromatic heterocycles. The number of ether oxygens (including phenoxy) is 1. The predicted molar refractivity (Wildman–Crippen MR) is 70.4 cm³/mol. The van der Waals surface area contributed by atoms with Crippen LogP contribution >= 0.6 is 27.5 Å². The first kappa shape index (κ1) is 12.3. The zero-order chi connectivity index (χ0) is 12.1. The Morgan fingerprint density at radius 3 is 2.65 bits per heavy atom. The Morgan fingerprint density at radius 1 is 1.18 bits per heavy atom. The SMILES string of the molecule is Clc1cccc(OCc2ncccn2)c1CBr. The lowest BCUT2D eigenvalue weighted by atomic mass is 10.2. The van der Waals surface area contributed by atoms with Gasteiger partial charge >= 0.3 is 0 Å². The molecule has 0 aliphatic rings. The summed E-state index contributed by atoms with van der Waals surface area (Å²) >= 11 is 9.46. The predicted octanol–water partition coefficient (Wildman–Crippen LogP) is 3.60. The van der Waals surface area contributed by atoms with Crippen molar-refractivity contribution in [1.29, 1.82) is 0 Å².